The number of carbonyl (C=O) groups is 1. The largest absolute Gasteiger partial charge is 0.342 e. The van der Waals surface area contributed by atoms with Crippen LogP contribution in [0.4, 0.5) is 4.39 Å². The number of carbonyl (C=O) groups excluding carboxylic acids is 1. The van der Waals surface area contributed by atoms with Crippen LogP contribution < -0.4 is 0 Å². The van der Waals surface area contributed by atoms with Crippen LogP contribution in [0.3, 0.4) is 0 Å². The van der Waals surface area contributed by atoms with Crippen LogP contribution in [-0.4, -0.2) is 74.0 Å². The Morgan fingerprint density at radius 3 is 2.24 bits per heavy atom. The van der Waals surface area contributed by atoms with Crippen molar-refractivity contribution >= 4 is 15.9 Å². The molecule has 3 aliphatic rings. The number of benzene rings is 1. The summed E-state index contributed by atoms with van der Waals surface area (Å²) < 4.78 is 39.4. The summed E-state index contributed by atoms with van der Waals surface area (Å²) in [6, 6.07) is 6.57. The molecule has 8 heteroatoms. The van der Waals surface area contributed by atoms with E-state index in [1.165, 1.54) is 18.4 Å². The molecule has 0 aliphatic carbocycles. The molecule has 3 saturated heterocycles. The maximum Gasteiger partial charge on any atom is 0.230 e. The second kappa shape index (κ2) is 7.32. The van der Waals surface area contributed by atoms with E-state index in [-0.39, 0.29) is 17.1 Å². The maximum atomic E-state index is 13.4. The molecule has 0 saturated carbocycles. The fourth-order valence-corrected chi connectivity index (χ4v) is 6.59. The van der Waals surface area contributed by atoms with E-state index in [9.17, 15) is 17.6 Å². The van der Waals surface area contributed by atoms with Crippen LogP contribution in [0.25, 0.3) is 0 Å². The zero-order valence-electron chi connectivity index (χ0n) is 17.2. The minimum Gasteiger partial charge on any atom is -0.342 e. The lowest BCUT2D eigenvalue weighted by Gasteiger charge is -2.47. The van der Waals surface area contributed by atoms with Crippen LogP contribution >= 0.6 is 0 Å². The van der Waals surface area contributed by atoms with Crippen LogP contribution in [0.15, 0.2) is 24.3 Å². The molecule has 3 aliphatic heterocycles. The van der Waals surface area contributed by atoms with Crippen molar-refractivity contribution in [3.05, 3.63) is 35.6 Å². The SMILES string of the molecule is CCN1CC[C@@]2(CN(S(C)(=O)=O)CC23CCN(Cc2ccc(F)cc2)CC3)C1=O. The van der Waals surface area contributed by atoms with E-state index in [1.807, 2.05) is 24.0 Å². The van der Waals surface area contributed by atoms with Crippen LogP contribution in [0.2, 0.25) is 0 Å². The highest BCUT2D eigenvalue weighted by atomic mass is 32.2. The molecule has 160 valence electrons. The van der Waals surface area contributed by atoms with Crippen molar-refractivity contribution < 1.29 is 17.6 Å². The summed E-state index contributed by atoms with van der Waals surface area (Å²) in [6.07, 6.45) is 3.61. The van der Waals surface area contributed by atoms with E-state index in [0.29, 0.717) is 26.2 Å². The summed E-state index contributed by atoms with van der Waals surface area (Å²) in [6.45, 7) is 6.51. The van der Waals surface area contributed by atoms with Gasteiger partial charge in [0.05, 0.1) is 11.7 Å². The molecule has 0 radical (unpaired) electrons. The van der Waals surface area contributed by atoms with Gasteiger partial charge in [0.25, 0.3) is 0 Å². The van der Waals surface area contributed by atoms with Crippen molar-refractivity contribution in [2.75, 3.05) is 45.5 Å². The highest BCUT2D eigenvalue weighted by Crippen LogP contribution is 2.58. The topological polar surface area (TPSA) is 60.9 Å². The molecule has 1 aromatic carbocycles. The van der Waals surface area contributed by atoms with Crippen molar-refractivity contribution in [3.63, 3.8) is 0 Å². The van der Waals surface area contributed by atoms with Gasteiger partial charge in [-0.15, -0.1) is 0 Å². The quantitative estimate of drug-likeness (QED) is 0.743. The lowest BCUT2D eigenvalue weighted by atomic mass is 9.60. The summed E-state index contributed by atoms with van der Waals surface area (Å²) in [5, 5.41) is 0. The second-order valence-electron chi connectivity index (χ2n) is 8.93. The van der Waals surface area contributed by atoms with Gasteiger partial charge in [-0.05, 0) is 57.0 Å². The molecule has 1 atom stereocenters. The van der Waals surface area contributed by atoms with Crippen molar-refractivity contribution in [1.29, 1.82) is 0 Å². The van der Waals surface area contributed by atoms with Gasteiger partial charge in [0.1, 0.15) is 5.82 Å². The van der Waals surface area contributed by atoms with Crippen molar-refractivity contribution in [1.82, 2.24) is 14.1 Å². The third kappa shape index (κ3) is 3.49. The molecule has 0 aromatic heterocycles. The predicted molar refractivity (Wildman–Crippen MR) is 109 cm³/mol. The van der Waals surface area contributed by atoms with E-state index < -0.39 is 15.4 Å². The third-order valence-corrected chi connectivity index (χ3v) is 8.63. The Balaban J connectivity index is 1.55. The highest BCUT2D eigenvalue weighted by molar-refractivity contribution is 7.88. The van der Waals surface area contributed by atoms with Gasteiger partial charge >= 0.3 is 0 Å². The summed E-state index contributed by atoms with van der Waals surface area (Å²) in [5.41, 5.74) is 0.181. The Hall–Kier alpha value is -1.51. The van der Waals surface area contributed by atoms with Crippen LogP contribution in [0.5, 0.6) is 0 Å². The molecular formula is C21H30FN3O3S. The standard InChI is InChI=1S/C21H30FN3O3S/c1-3-24-13-10-21(19(24)26)16-25(29(2,27)28)15-20(21)8-11-23(12-9-20)14-17-4-6-18(22)7-5-17/h4-7H,3,8-16H2,1-2H3/t21-/m1/s1. The normalized spacial score (nSPS) is 28.1. The van der Waals surface area contributed by atoms with Gasteiger partial charge in [0, 0.05) is 38.1 Å². The number of nitrogens with zero attached hydrogens (tertiary/aromatic N) is 3. The van der Waals surface area contributed by atoms with Gasteiger partial charge in [0.2, 0.25) is 15.9 Å². The first-order chi connectivity index (χ1) is 13.7. The first-order valence-corrected chi connectivity index (χ1v) is 12.3. The second-order valence-corrected chi connectivity index (χ2v) is 10.9. The Labute approximate surface area is 172 Å². The van der Waals surface area contributed by atoms with Gasteiger partial charge in [-0.3, -0.25) is 9.69 Å². The molecule has 1 amide bonds. The zero-order chi connectivity index (χ0) is 20.9. The average Bonchev–Trinajstić information content (AvgIpc) is 3.18. The lowest BCUT2D eigenvalue weighted by Crippen LogP contribution is -2.52. The number of likely N-dealkylation sites (tertiary alicyclic amines) is 2. The monoisotopic (exact) mass is 423 g/mol. The van der Waals surface area contributed by atoms with Gasteiger partial charge in [-0.25, -0.2) is 17.1 Å². The lowest BCUT2D eigenvalue weighted by molar-refractivity contribution is -0.142. The average molecular weight is 424 g/mol. The first kappa shape index (κ1) is 20.8. The molecule has 6 nitrogen and oxygen atoms in total. The highest BCUT2D eigenvalue weighted by Gasteiger charge is 2.66. The van der Waals surface area contributed by atoms with Crippen molar-refractivity contribution in [2.24, 2.45) is 10.8 Å². The summed E-state index contributed by atoms with van der Waals surface area (Å²) in [7, 11) is -3.34. The molecule has 3 fully saturated rings. The molecule has 29 heavy (non-hydrogen) atoms. The zero-order valence-corrected chi connectivity index (χ0v) is 18.0. The fraction of sp³-hybridized carbons (Fsp3) is 0.667. The predicted octanol–water partition coefficient (Wildman–Crippen LogP) is 1.92. The molecule has 0 N–H and O–H groups in total. The number of hydrogen-bond donors (Lipinski definition) is 0. The van der Waals surface area contributed by atoms with Crippen molar-refractivity contribution in [2.45, 2.75) is 32.7 Å². The van der Waals surface area contributed by atoms with Crippen LogP contribution in [0.1, 0.15) is 31.7 Å². The van der Waals surface area contributed by atoms with Crippen LogP contribution in [-0.2, 0) is 21.4 Å². The molecular weight excluding hydrogens is 393 g/mol. The molecule has 2 spiro atoms. The summed E-state index contributed by atoms with van der Waals surface area (Å²) >= 11 is 0. The third-order valence-electron chi connectivity index (χ3n) is 7.43. The Morgan fingerprint density at radius 1 is 1.03 bits per heavy atom. The van der Waals surface area contributed by atoms with E-state index in [2.05, 4.69) is 4.90 Å². The number of rotatable bonds is 4. The number of amides is 1. The van der Waals surface area contributed by atoms with Crippen LogP contribution in [0, 0.1) is 16.6 Å². The van der Waals surface area contributed by atoms with Gasteiger partial charge in [0.15, 0.2) is 0 Å². The molecule has 1 aromatic rings. The number of halogens is 1. The number of hydrogen-bond acceptors (Lipinski definition) is 4. The smallest absolute Gasteiger partial charge is 0.230 e. The van der Waals surface area contributed by atoms with E-state index >= 15 is 0 Å². The molecule has 4 rings (SSSR count). The Morgan fingerprint density at radius 2 is 1.69 bits per heavy atom. The van der Waals surface area contributed by atoms with E-state index in [1.54, 1.807) is 4.31 Å². The fourth-order valence-electron chi connectivity index (χ4n) is 5.65. The Bertz CT molecular complexity index is 881. The number of fused-ring (bicyclic) bond motifs is 1. The number of sulfonamides is 1. The minimum absolute atomic E-state index is 0.137. The van der Waals surface area contributed by atoms with Gasteiger partial charge in [-0.1, -0.05) is 12.1 Å². The minimum atomic E-state index is -3.34. The molecule has 0 bridgehead atoms. The van der Waals surface area contributed by atoms with Gasteiger partial charge in [-0.2, -0.15) is 0 Å². The van der Waals surface area contributed by atoms with Gasteiger partial charge < -0.3 is 4.90 Å². The Kier molecular flexibility index (Phi) is 5.24. The molecule has 0 unspecified atom stereocenters. The van der Waals surface area contributed by atoms with E-state index in [4.69, 9.17) is 0 Å². The maximum absolute atomic E-state index is 13.4. The van der Waals surface area contributed by atoms with E-state index in [0.717, 1.165) is 44.5 Å². The summed E-state index contributed by atoms with van der Waals surface area (Å²) in [4.78, 5) is 17.6. The number of piperidine rings is 1. The molecule has 3 heterocycles. The first-order valence-electron chi connectivity index (χ1n) is 10.4. The summed E-state index contributed by atoms with van der Waals surface area (Å²) in [5.74, 6) is -0.0986. The van der Waals surface area contributed by atoms with Crippen molar-refractivity contribution in [3.8, 4) is 0 Å².